The Morgan fingerprint density at radius 1 is 1.03 bits per heavy atom. The number of thioether (sulfide) groups is 1. The summed E-state index contributed by atoms with van der Waals surface area (Å²) in [4.78, 5) is 12.7. The van der Waals surface area contributed by atoms with Gasteiger partial charge in [0.15, 0.2) is 10.1 Å². The molecule has 0 spiro atoms. The molecule has 11 heteroatoms. The lowest BCUT2D eigenvalue weighted by atomic mass is 10.1. The summed E-state index contributed by atoms with van der Waals surface area (Å²) in [7, 11) is -3.52. The summed E-state index contributed by atoms with van der Waals surface area (Å²) >= 11 is 2.82. The Bertz CT molecular complexity index is 1190. The Morgan fingerprint density at radius 2 is 1.73 bits per heavy atom. The molecule has 0 bridgehead atoms. The third-order valence-electron chi connectivity index (χ3n) is 5.21. The molecule has 1 N–H and O–H groups in total. The van der Waals surface area contributed by atoms with E-state index in [2.05, 4.69) is 15.5 Å². The second-order valence-corrected chi connectivity index (χ2v) is 11.7. The van der Waals surface area contributed by atoms with E-state index in [1.54, 1.807) is 24.3 Å². The Morgan fingerprint density at radius 3 is 2.42 bits per heavy atom. The maximum Gasteiger partial charge on any atom is 0.243 e. The summed E-state index contributed by atoms with van der Waals surface area (Å²) in [5, 5.41) is 11.6. The van der Waals surface area contributed by atoms with Crippen LogP contribution in [0.15, 0.2) is 57.8 Å². The minimum Gasteiger partial charge on any atom is -0.353 e. The highest BCUT2D eigenvalue weighted by Crippen LogP contribution is 2.28. The third kappa shape index (κ3) is 6.17. The molecule has 1 fully saturated rings. The lowest BCUT2D eigenvalue weighted by Crippen LogP contribution is -2.35. The van der Waals surface area contributed by atoms with E-state index in [9.17, 15) is 17.6 Å². The Hall–Kier alpha value is -2.34. The fraction of sp³-hybridized carbons (Fsp3) is 0.318. The first-order valence-corrected chi connectivity index (χ1v) is 13.7. The van der Waals surface area contributed by atoms with E-state index in [1.165, 1.54) is 51.7 Å². The van der Waals surface area contributed by atoms with Crippen molar-refractivity contribution in [3.05, 3.63) is 65.5 Å². The number of nitrogens with zero attached hydrogens (tertiary/aromatic N) is 3. The Labute approximate surface area is 200 Å². The number of carbonyl (C=O) groups is 1. The molecule has 0 aliphatic carbocycles. The lowest BCUT2D eigenvalue weighted by molar-refractivity contribution is 0.101. The Balaban J connectivity index is 1.29. The predicted octanol–water partition coefficient (Wildman–Crippen LogP) is 4.44. The first kappa shape index (κ1) is 23.8. The first-order chi connectivity index (χ1) is 15.9. The molecule has 1 aliphatic heterocycles. The van der Waals surface area contributed by atoms with Crippen LogP contribution in [-0.2, 0) is 15.8 Å². The van der Waals surface area contributed by atoms with Crippen LogP contribution in [0.5, 0.6) is 0 Å². The molecule has 1 aliphatic rings. The summed E-state index contributed by atoms with van der Waals surface area (Å²) in [6.45, 7) is 1.10. The van der Waals surface area contributed by atoms with E-state index in [4.69, 9.17) is 0 Å². The predicted molar refractivity (Wildman–Crippen MR) is 128 cm³/mol. The van der Waals surface area contributed by atoms with Gasteiger partial charge in [0.2, 0.25) is 15.2 Å². The maximum absolute atomic E-state index is 13.0. The average Bonchev–Trinajstić information content (AvgIpc) is 3.31. The highest BCUT2D eigenvalue weighted by molar-refractivity contribution is 8.00. The molecule has 1 saturated heterocycles. The average molecular weight is 507 g/mol. The van der Waals surface area contributed by atoms with Gasteiger partial charge in [-0.3, -0.25) is 4.79 Å². The van der Waals surface area contributed by atoms with Gasteiger partial charge in [-0.2, -0.15) is 4.31 Å². The van der Waals surface area contributed by atoms with Gasteiger partial charge < -0.3 is 5.32 Å². The van der Waals surface area contributed by atoms with Crippen molar-refractivity contribution < 1.29 is 17.6 Å². The molecule has 33 heavy (non-hydrogen) atoms. The van der Waals surface area contributed by atoms with Crippen LogP contribution >= 0.6 is 23.1 Å². The SMILES string of the molecule is O=C(CNc1nnc(SCc2ccc(F)cc2)s1)c1ccc(S(=O)(=O)N2CCCCC2)cc1. The van der Waals surface area contributed by atoms with Crippen LogP contribution in [0.2, 0.25) is 0 Å². The molecule has 174 valence electrons. The molecule has 0 atom stereocenters. The number of piperidine rings is 1. The van der Waals surface area contributed by atoms with Gasteiger partial charge in [0.25, 0.3) is 0 Å². The highest BCUT2D eigenvalue weighted by atomic mass is 32.2. The lowest BCUT2D eigenvalue weighted by Gasteiger charge is -2.25. The molecule has 0 saturated carbocycles. The summed E-state index contributed by atoms with van der Waals surface area (Å²) in [5.41, 5.74) is 1.41. The van der Waals surface area contributed by atoms with Gasteiger partial charge in [0.1, 0.15) is 5.82 Å². The zero-order chi connectivity index (χ0) is 23.3. The fourth-order valence-electron chi connectivity index (χ4n) is 3.39. The molecule has 0 amide bonds. The van der Waals surface area contributed by atoms with Gasteiger partial charge in [-0.1, -0.05) is 41.7 Å². The van der Waals surface area contributed by atoms with Gasteiger partial charge in [-0.15, -0.1) is 10.2 Å². The molecule has 1 aromatic heterocycles. The summed E-state index contributed by atoms with van der Waals surface area (Å²) in [6.07, 6.45) is 2.80. The van der Waals surface area contributed by atoms with Crippen LogP contribution in [0.25, 0.3) is 0 Å². The van der Waals surface area contributed by atoms with Crippen molar-refractivity contribution >= 4 is 44.0 Å². The monoisotopic (exact) mass is 506 g/mol. The normalized spacial score (nSPS) is 14.8. The van der Waals surface area contributed by atoms with Crippen molar-refractivity contribution in [1.29, 1.82) is 0 Å². The fourth-order valence-corrected chi connectivity index (χ4v) is 6.61. The summed E-state index contributed by atoms with van der Waals surface area (Å²) in [6, 6.07) is 12.4. The van der Waals surface area contributed by atoms with E-state index in [1.807, 2.05) is 0 Å². The van der Waals surface area contributed by atoms with Crippen molar-refractivity contribution in [2.24, 2.45) is 0 Å². The van der Waals surface area contributed by atoms with Crippen LogP contribution < -0.4 is 5.32 Å². The van der Waals surface area contributed by atoms with Crippen molar-refractivity contribution in [2.45, 2.75) is 34.3 Å². The van der Waals surface area contributed by atoms with Gasteiger partial charge in [-0.25, -0.2) is 12.8 Å². The molecule has 2 aromatic carbocycles. The van der Waals surface area contributed by atoms with E-state index in [-0.39, 0.29) is 23.0 Å². The molecule has 4 rings (SSSR count). The molecule has 0 unspecified atom stereocenters. The van der Waals surface area contributed by atoms with Gasteiger partial charge in [0.05, 0.1) is 11.4 Å². The van der Waals surface area contributed by atoms with Crippen LogP contribution in [0.3, 0.4) is 0 Å². The van der Waals surface area contributed by atoms with Crippen LogP contribution in [-0.4, -0.2) is 48.3 Å². The number of Topliss-reactive ketones (excluding diaryl/α,β-unsaturated/α-hetero) is 1. The second kappa shape index (κ2) is 10.7. The molecular formula is C22H23FN4O3S3. The van der Waals surface area contributed by atoms with Crippen molar-refractivity contribution in [3.63, 3.8) is 0 Å². The second-order valence-electron chi connectivity index (χ2n) is 7.55. The Kier molecular flexibility index (Phi) is 7.74. The number of carbonyl (C=O) groups excluding carboxylic acids is 1. The topological polar surface area (TPSA) is 92.3 Å². The standard InChI is InChI=1S/C22H23FN4O3S3/c23-18-8-4-16(5-9-18)15-31-22-26-25-21(32-22)24-14-20(28)17-6-10-19(11-7-17)33(29,30)27-12-2-1-3-13-27/h4-11H,1-3,12-15H2,(H,24,25). The number of ketones is 1. The number of rotatable bonds is 9. The molecule has 7 nitrogen and oxygen atoms in total. The van der Waals surface area contributed by atoms with Gasteiger partial charge >= 0.3 is 0 Å². The largest absolute Gasteiger partial charge is 0.353 e. The first-order valence-electron chi connectivity index (χ1n) is 10.5. The smallest absolute Gasteiger partial charge is 0.243 e. The highest BCUT2D eigenvalue weighted by Gasteiger charge is 2.25. The maximum atomic E-state index is 13.0. The number of hydrogen-bond acceptors (Lipinski definition) is 8. The van der Waals surface area contributed by atoms with Gasteiger partial charge in [-0.05, 0) is 54.8 Å². The van der Waals surface area contributed by atoms with Gasteiger partial charge in [0, 0.05) is 24.4 Å². The van der Waals surface area contributed by atoms with Crippen molar-refractivity contribution in [3.8, 4) is 0 Å². The number of hydrogen-bond donors (Lipinski definition) is 1. The molecule has 2 heterocycles. The zero-order valence-electron chi connectivity index (χ0n) is 17.7. The quantitative estimate of drug-likeness (QED) is 0.339. The van der Waals surface area contributed by atoms with Crippen molar-refractivity contribution in [1.82, 2.24) is 14.5 Å². The van der Waals surface area contributed by atoms with Crippen LogP contribution in [0.1, 0.15) is 35.2 Å². The van der Waals surface area contributed by atoms with Crippen LogP contribution in [0, 0.1) is 5.82 Å². The third-order valence-corrected chi connectivity index (χ3v) is 9.21. The molecule has 3 aromatic rings. The minimum atomic E-state index is -3.52. The molecule has 0 radical (unpaired) electrons. The number of aromatic nitrogens is 2. The van der Waals surface area contributed by atoms with E-state index >= 15 is 0 Å². The summed E-state index contributed by atoms with van der Waals surface area (Å²) in [5.74, 6) is 0.197. The minimum absolute atomic E-state index is 0.0233. The van der Waals surface area contributed by atoms with E-state index in [0.717, 1.165) is 29.2 Å². The van der Waals surface area contributed by atoms with E-state index < -0.39 is 10.0 Å². The number of nitrogens with one attached hydrogen (secondary N) is 1. The zero-order valence-corrected chi connectivity index (χ0v) is 20.2. The van der Waals surface area contributed by atoms with Crippen molar-refractivity contribution in [2.75, 3.05) is 25.0 Å². The van der Waals surface area contributed by atoms with E-state index in [0.29, 0.717) is 29.5 Å². The summed E-state index contributed by atoms with van der Waals surface area (Å²) < 4.78 is 40.7. The number of anilines is 1. The van der Waals surface area contributed by atoms with Crippen LogP contribution in [0.4, 0.5) is 9.52 Å². The number of sulfonamides is 1. The molecular weight excluding hydrogens is 483 g/mol. The number of halogens is 1. The number of benzene rings is 2.